The molecule has 0 fully saturated rings. The van der Waals surface area contributed by atoms with Gasteiger partial charge in [-0.1, -0.05) is 0 Å². The first kappa shape index (κ1) is 29.3. The van der Waals surface area contributed by atoms with Crippen LogP contribution in [0, 0.1) is 0 Å². The molecule has 0 spiro atoms. The molecule has 2 N–H and O–H groups in total. The predicted molar refractivity (Wildman–Crippen MR) is 35.7 cm³/mol. The average molecular weight is 298 g/mol. The number of hydrogen-bond donors (Lipinski definition) is 0. The molecule has 0 rings (SSSR count). The van der Waals surface area contributed by atoms with Crippen molar-refractivity contribution >= 4 is 17.9 Å². The zero-order valence-electron chi connectivity index (χ0n) is 7.78. The molecule has 0 unspecified atom stereocenters. The molecule has 0 bridgehead atoms. The van der Waals surface area contributed by atoms with Crippen molar-refractivity contribution in [2.45, 2.75) is 20.8 Å². The van der Waals surface area contributed by atoms with E-state index in [1.165, 1.54) is 0 Å². The third kappa shape index (κ3) is 1080. The summed E-state index contributed by atoms with van der Waals surface area (Å²) < 4.78 is 0. The smallest absolute Gasteiger partial charge is 0.550 e. The summed E-state index contributed by atoms with van der Waals surface area (Å²) in [5, 5.41) is 26.7. The van der Waals surface area contributed by atoms with Crippen LogP contribution in [0.4, 0.5) is 0 Å². The molecule has 0 saturated heterocycles. The van der Waals surface area contributed by atoms with Gasteiger partial charge in [0.25, 0.3) is 0 Å². The SMILES string of the molecule is CC(=O)[O-].CC(=O)[O-].CC(=O)[O-].O.[Rh+3]. The van der Waals surface area contributed by atoms with E-state index in [9.17, 15) is 0 Å². The molecule has 0 aromatic rings. The van der Waals surface area contributed by atoms with Crippen molar-refractivity contribution in [1.29, 1.82) is 0 Å². The number of carboxylic acids is 3. The second-order valence-electron chi connectivity index (χ2n) is 1.47. The second kappa shape index (κ2) is 22.7. The van der Waals surface area contributed by atoms with Gasteiger partial charge in [0.15, 0.2) is 0 Å². The topological polar surface area (TPSA) is 152 Å². The van der Waals surface area contributed by atoms with Gasteiger partial charge in [0.1, 0.15) is 0 Å². The van der Waals surface area contributed by atoms with E-state index >= 15 is 0 Å². The van der Waals surface area contributed by atoms with Gasteiger partial charge < -0.3 is 35.2 Å². The van der Waals surface area contributed by atoms with E-state index in [0.717, 1.165) is 20.8 Å². The first-order chi connectivity index (χ1) is 5.20. The molecule has 14 heavy (non-hydrogen) atoms. The van der Waals surface area contributed by atoms with Crippen molar-refractivity contribution in [3.05, 3.63) is 0 Å². The molecule has 8 heteroatoms. The standard InChI is InChI=1S/3C2H4O2.H2O.Rh/c3*1-2(3)4;;/h3*1H3,(H,3,4);1H2;/q;;;;+3/p-3. The monoisotopic (exact) mass is 298 g/mol. The molecular weight excluding hydrogens is 287 g/mol. The molecule has 86 valence electrons. The van der Waals surface area contributed by atoms with Gasteiger partial charge in [0, 0.05) is 17.9 Å². The number of carboxylic acid groups (broad SMARTS) is 3. The van der Waals surface area contributed by atoms with Gasteiger partial charge in [-0.3, -0.25) is 0 Å². The minimum atomic E-state index is -1.08. The van der Waals surface area contributed by atoms with Gasteiger partial charge in [0.05, 0.1) is 0 Å². The van der Waals surface area contributed by atoms with E-state index in [4.69, 9.17) is 29.7 Å². The maximum Gasteiger partial charge on any atom is 3.00 e. The molecule has 0 amide bonds. The molecule has 0 heterocycles. The van der Waals surface area contributed by atoms with E-state index in [1.807, 2.05) is 0 Å². The van der Waals surface area contributed by atoms with Crippen LogP contribution < -0.4 is 15.3 Å². The fourth-order valence-corrected chi connectivity index (χ4v) is 0. The zero-order chi connectivity index (χ0) is 10.7. The van der Waals surface area contributed by atoms with Gasteiger partial charge in [0.2, 0.25) is 0 Å². The van der Waals surface area contributed by atoms with Crippen molar-refractivity contribution < 1.29 is 54.7 Å². The summed E-state index contributed by atoms with van der Waals surface area (Å²) >= 11 is 0. The minimum absolute atomic E-state index is 0. The third-order valence-corrected chi connectivity index (χ3v) is 0. The maximum absolute atomic E-state index is 8.89. The summed E-state index contributed by atoms with van der Waals surface area (Å²) in [5.74, 6) is -3.25. The summed E-state index contributed by atoms with van der Waals surface area (Å²) in [4.78, 5) is 26.7. The predicted octanol–water partition coefficient (Wildman–Crippen LogP) is -4.56. The van der Waals surface area contributed by atoms with Crippen molar-refractivity contribution in [3.8, 4) is 0 Å². The van der Waals surface area contributed by atoms with Crippen LogP contribution in [0.5, 0.6) is 0 Å². The Morgan fingerprint density at radius 2 is 0.714 bits per heavy atom. The molecule has 0 saturated carbocycles. The van der Waals surface area contributed by atoms with Crippen molar-refractivity contribution in [2.24, 2.45) is 0 Å². The summed E-state index contributed by atoms with van der Waals surface area (Å²) in [6.45, 7) is 2.92. The van der Waals surface area contributed by atoms with Crippen LogP contribution in [-0.2, 0) is 33.9 Å². The zero-order valence-corrected chi connectivity index (χ0v) is 9.42. The van der Waals surface area contributed by atoms with Gasteiger partial charge in [-0.15, -0.1) is 0 Å². The Labute approximate surface area is 93.8 Å². The molecule has 7 nitrogen and oxygen atoms in total. The third-order valence-electron chi connectivity index (χ3n) is 0. The molecule has 0 aromatic heterocycles. The van der Waals surface area contributed by atoms with E-state index < -0.39 is 17.9 Å². The van der Waals surface area contributed by atoms with Crippen LogP contribution in [0.2, 0.25) is 0 Å². The Morgan fingerprint density at radius 1 is 0.714 bits per heavy atom. The van der Waals surface area contributed by atoms with Crippen LogP contribution in [0.1, 0.15) is 20.8 Å². The quantitative estimate of drug-likeness (QED) is 0.410. The van der Waals surface area contributed by atoms with E-state index in [1.54, 1.807) is 0 Å². The summed E-state index contributed by atoms with van der Waals surface area (Å²) in [6.07, 6.45) is 0. The number of rotatable bonds is 0. The Kier molecular flexibility index (Phi) is 47.4. The Hall–Kier alpha value is -1.01. The normalized spacial score (nSPS) is 5.36. The van der Waals surface area contributed by atoms with Gasteiger partial charge in [-0.25, -0.2) is 0 Å². The van der Waals surface area contributed by atoms with Crippen LogP contribution in [-0.4, -0.2) is 23.4 Å². The fourth-order valence-electron chi connectivity index (χ4n) is 0. The van der Waals surface area contributed by atoms with Crippen LogP contribution in [0.25, 0.3) is 0 Å². The molecule has 0 aliphatic heterocycles. The average Bonchev–Trinajstić information content (AvgIpc) is 1.54. The largest absolute Gasteiger partial charge is 3.00 e. The van der Waals surface area contributed by atoms with E-state index in [-0.39, 0.29) is 25.0 Å². The van der Waals surface area contributed by atoms with Crippen molar-refractivity contribution in [1.82, 2.24) is 0 Å². The van der Waals surface area contributed by atoms with Crippen molar-refractivity contribution in [2.75, 3.05) is 0 Å². The Morgan fingerprint density at radius 3 is 0.714 bits per heavy atom. The number of hydrogen-bond acceptors (Lipinski definition) is 6. The molecule has 0 aromatic carbocycles. The number of aliphatic carboxylic acids is 3. The Balaban J connectivity index is -0.0000000270. The number of carbonyl (C=O) groups is 3. The molecule has 0 radical (unpaired) electrons. The summed E-state index contributed by atoms with van der Waals surface area (Å²) in [5.41, 5.74) is 0. The summed E-state index contributed by atoms with van der Waals surface area (Å²) in [6, 6.07) is 0. The van der Waals surface area contributed by atoms with E-state index in [0.29, 0.717) is 0 Å². The Bertz CT molecular complexity index is 116. The minimum Gasteiger partial charge on any atom is -0.550 e. The van der Waals surface area contributed by atoms with Crippen LogP contribution in [0.15, 0.2) is 0 Å². The van der Waals surface area contributed by atoms with Gasteiger partial charge in [-0.2, -0.15) is 0 Å². The first-order valence-corrected chi connectivity index (χ1v) is 2.72. The summed E-state index contributed by atoms with van der Waals surface area (Å²) in [7, 11) is 0. The molecule has 0 aliphatic carbocycles. The van der Waals surface area contributed by atoms with Crippen LogP contribution >= 0.6 is 0 Å². The first-order valence-electron chi connectivity index (χ1n) is 2.72. The van der Waals surface area contributed by atoms with Gasteiger partial charge >= 0.3 is 19.5 Å². The molecular formula is C6H11O7Rh. The van der Waals surface area contributed by atoms with E-state index in [2.05, 4.69) is 0 Å². The van der Waals surface area contributed by atoms with Crippen LogP contribution in [0.3, 0.4) is 0 Å². The molecule has 0 atom stereocenters. The maximum atomic E-state index is 8.89. The fraction of sp³-hybridized carbons (Fsp3) is 0.500. The molecule has 0 aliphatic rings. The second-order valence-corrected chi connectivity index (χ2v) is 1.47. The van der Waals surface area contributed by atoms with Gasteiger partial charge in [-0.05, 0) is 20.8 Å². The van der Waals surface area contributed by atoms with Crippen molar-refractivity contribution in [3.63, 3.8) is 0 Å². The number of carbonyl (C=O) groups excluding carboxylic acids is 3.